The summed E-state index contributed by atoms with van der Waals surface area (Å²) >= 11 is 11.9. The van der Waals surface area contributed by atoms with Crippen molar-refractivity contribution in [3.63, 3.8) is 0 Å². The number of morpholine rings is 1. The van der Waals surface area contributed by atoms with Crippen LogP contribution in [0, 0.1) is 0 Å². The molecule has 1 fully saturated rings. The topological polar surface area (TPSA) is 12.5 Å². The van der Waals surface area contributed by atoms with Crippen LogP contribution in [0.2, 0.25) is 10.0 Å². The highest BCUT2D eigenvalue weighted by molar-refractivity contribution is 6.42. The van der Waals surface area contributed by atoms with Gasteiger partial charge in [0.25, 0.3) is 0 Å². The van der Waals surface area contributed by atoms with E-state index in [0.29, 0.717) is 16.1 Å². The van der Waals surface area contributed by atoms with Crippen molar-refractivity contribution in [2.45, 2.75) is 19.5 Å². The van der Waals surface area contributed by atoms with Gasteiger partial charge in [0.2, 0.25) is 0 Å². The maximum absolute atomic E-state index is 5.99. The Bertz CT molecular complexity index is 370. The van der Waals surface area contributed by atoms with E-state index in [2.05, 4.69) is 11.8 Å². The van der Waals surface area contributed by atoms with Gasteiger partial charge in [0.15, 0.2) is 0 Å². The second-order valence-electron chi connectivity index (χ2n) is 4.14. The lowest BCUT2D eigenvalue weighted by Crippen LogP contribution is -2.42. The van der Waals surface area contributed by atoms with Crippen molar-refractivity contribution in [1.29, 1.82) is 0 Å². The van der Waals surface area contributed by atoms with E-state index >= 15 is 0 Å². The van der Waals surface area contributed by atoms with E-state index in [1.165, 1.54) is 5.56 Å². The van der Waals surface area contributed by atoms with Crippen LogP contribution in [0.4, 0.5) is 0 Å². The van der Waals surface area contributed by atoms with E-state index in [1.54, 1.807) is 0 Å². The van der Waals surface area contributed by atoms with E-state index in [-0.39, 0.29) is 0 Å². The van der Waals surface area contributed by atoms with Gasteiger partial charge in [-0.25, -0.2) is 0 Å². The molecule has 88 valence electrons. The predicted octanol–water partition coefficient (Wildman–Crippen LogP) is 3.21. The molecule has 1 aliphatic rings. The van der Waals surface area contributed by atoms with Crippen molar-refractivity contribution < 1.29 is 4.74 Å². The minimum Gasteiger partial charge on any atom is -0.379 e. The second kappa shape index (κ2) is 5.37. The van der Waals surface area contributed by atoms with Crippen LogP contribution in [0.15, 0.2) is 18.2 Å². The monoisotopic (exact) mass is 259 g/mol. The molecule has 2 rings (SSSR count). The summed E-state index contributed by atoms with van der Waals surface area (Å²) in [5.74, 6) is 0. The molecule has 1 aromatic rings. The Hall–Kier alpha value is -0.280. The Morgan fingerprint density at radius 2 is 2.19 bits per heavy atom. The summed E-state index contributed by atoms with van der Waals surface area (Å²) < 4.78 is 5.40. The van der Waals surface area contributed by atoms with E-state index in [1.807, 2.05) is 18.2 Å². The molecule has 0 aromatic heterocycles. The van der Waals surface area contributed by atoms with E-state index in [4.69, 9.17) is 27.9 Å². The Morgan fingerprint density at radius 1 is 1.38 bits per heavy atom. The number of nitrogens with zero attached hydrogens (tertiary/aromatic N) is 1. The van der Waals surface area contributed by atoms with Crippen LogP contribution >= 0.6 is 23.2 Å². The first-order chi connectivity index (χ1) is 7.66. The molecule has 1 aromatic carbocycles. The number of hydrogen-bond acceptors (Lipinski definition) is 2. The number of halogens is 2. The van der Waals surface area contributed by atoms with Crippen molar-refractivity contribution in [2.75, 3.05) is 19.8 Å². The first kappa shape index (κ1) is 12.2. The van der Waals surface area contributed by atoms with E-state index in [0.717, 1.165) is 26.3 Å². The third kappa shape index (κ3) is 2.89. The molecule has 0 radical (unpaired) electrons. The maximum Gasteiger partial charge on any atom is 0.0619 e. The normalized spacial score (nSPS) is 22.3. The lowest BCUT2D eigenvalue weighted by atomic mass is 10.1. The molecule has 0 aliphatic carbocycles. The number of benzene rings is 1. The van der Waals surface area contributed by atoms with Crippen LogP contribution in [0.1, 0.15) is 12.5 Å². The molecule has 0 amide bonds. The van der Waals surface area contributed by atoms with Gasteiger partial charge in [-0.05, 0) is 24.6 Å². The van der Waals surface area contributed by atoms with Crippen LogP contribution < -0.4 is 0 Å². The third-order valence-corrected chi connectivity index (χ3v) is 3.61. The predicted molar refractivity (Wildman–Crippen MR) is 67.2 cm³/mol. The average molecular weight is 260 g/mol. The summed E-state index contributed by atoms with van der Waals surface area (Å²) in [6.07, 6.45) is 0. The highest BCUT2D eigenvalue weighted by Gasteiger charge is 2.18. The molecule has 16 heavy (non-hydrogen) atoms. The first-order valence-electron chi connectivity index (χ1n) is 5.42. The number of ether oxygens (including phenoxy) is 1. The second-order valence-corrected chi connectivity index (χ2v) is 4.96. The minimum atomic E-state index is 0.461. The zero-order valence-electron chi connectivity index (χ0n) is 9.25. The summed E-state index contributed by atoms with van der Waals surface area (Å²) in [5.41, 5.74) is 1.20. The van der Waals surface area contributed by atoms with E-state index < -0.39 is 0 Å². The summed E-state index contributed by atoms with van der Waals surface area (Å²) in [4.78, 5) is 2.39. The molecule has 1 atom stereocenters. The molecule has 0 bridgehead atoms. The summed E-state index contributed by atoms with van der Waals surface area (Å²) in [7, 11) is 0. The molecular weight excluding hydrogens is 245 g/mol. The van der Waals surface area contributed by atoms with Gasteiger partial charge in [0, 0.05) is 19.1 Å². The van der Waals surface area contributed by atoms with Crippen LogP contribution in [-0.4, -0.2) is 30.7 Å². The lowest BCUT2D eigenvalue weighted by molar-refractivity contribution is -0.00436. The Labute approximate surface area is 106 Å². The van der Waals surface area contributed by atoms with Crippen molar-refractivity contribution in [1.82, 2.24) is 4.90 Å². The molecule has 2 nitrogen and oxygen atoms in total. The molecule has 1 unspecified atom stereocenters. The van der Waals surface area contributed by atoms with Gasteiger partial charge in [0.1, 0.15) is 0 Å². The molecule has 1 heterocycles. The third-order valence-electron chi connectivity index (χ3n) is 2.87. The largest absolute Gasteiger partial charge is 0.379 e. The Morgan fingerprint density at radius 3 is 2.88 bits per heavy atom. The van der Waals surface area contributed by atoms with Gasteiger partial charge >= 0.3 is 0 Å². The van der Waals surface area contributed by atoms with Gasteiger partial charge in [-0.3, -0.25) is 4.90 Å². The lowest BCUT2D eigenvalue weighted by Gasteiger charge is -2.33. The SMILES string of the molecule is CC1COCCN1Cc1ccc(Cl)c(Cl)c1. The van der Waals surface area contributed by atoms with Crippen molar-refractivity contribution >= 4 is 23.2 Å². The van der Waals surface area contributed by atoms with Crippen LogP contribution in [0.3, 0.4) is 0 Å². The quantitative estimate of drug-likeness (QED) is 0.809. The fraction of sp³-hybridized carbons (Fsp3) is 0.500. The molecule has 4 heteroatoms. The molecule has 0 N–H and O–H groups in total. The van der Waals surface area contributed by atoms with Gasteiger partial charge in [-0.1, -0.05) is 29.3 Å². The maximum atomic E-state index is 5.99. The Kier molecular flexibility index (Phi) is 4.09. The van der Waals surface area contributed by atoms with Gasteiger partial charge in [0.05, 0.1) is 23.3 Å². The zero-order chi connectivity index (χ0) is 11.5. The molecule has 0 saturated carbocycles. The zero-order valence-corrected chi connectivity index (χ0v) is 10.8. The fourth-order valence-corrected chi connectivity index (χ4v) is 2.19. The Balaban J connectivity index is 2.05. The summed E-state index contributed by atoms with van der Waals surface area (Å²) in [6.45, 7) is 5.67. The van der Waals surface area contributed by atoms with Gasteiger partial charge in [-0.2, -0.15) is 0 Å². The van der Waals surface area contributed by atoms with Crippen LogP contribution in [0.25, 0.3) is 0 Å². The summed E-state index contributed by atoms with van der Waals surface area (Å²) in [5, 5.41) is 1.24. The van der Waals surface area contributed by atoms with E-state index in [9.17, 15) is 0 Å². The molecule has 0 spiro atoms. The van der Waals surface area contributed by atoms with Crippen molar-refractivity contribution in [3.8, 4) is 0 Å². The average Bonchev–Trinajstić information content (AvgIpc) is 2.27. The van der Waals surface area contributed by atoms with Gasteiger partial charge < -0.3 is 4.74 Å². The first-order valence-corrected chi connectivity index (χ1v) is 6.18. The standard InChI is InChI=1S/C12H15Cl2NO/c1-9-8-16-5-4-15(9)7-10-2-3-11(13)12(14)6-10/h2-3,6,9H,4-5,7-8H2,1H3. The summed E-state index contributed by atoms with van der Waals surface area (Å²) in [6, 6.07) is 6.27. The van der Waals surface area contributed by atoms with Crippen LogP contribution in [0.5, 0.6) is 0 Å². The van der Waals surface area contributed by atoms with Crippen LogP contribution in [-0.2, 0) is 11.3 Å². The smallest absolute Gasteiger partial charge is 0.0619 e. The molecule has 1 saturated heterocycles. The van der Waals surface area contributed by atoms with Crippen molar-refractivity contribution in [3.05, 3.63) is 33.8 Å². The number of rotatable bonds is 2. The van der Waals surface area contributed by atoms with Gasteiger partial charge in [-0.15, -0.1) is 0 Å². The minimum absolute atomic E-state index is 0.461. The highest BCUT2D eigenvalue weighted by Crippen LogP contribution is 2.23. The molecule has 1 aliphatic heterocycles. The fourth-order valence-electron chi connectivity index (χ4n) is 1.87. The highest BCUT2D eigenvalue weighted by atomic mass is 35.5. The molecular formula is C12H15Cl2NO. The van der Waals surface area contributed by atoms with Crippen molar-refractivity contribution in [2.24, 2.45) is 0 Å². The number of hydrogen-bond donors (Lipinski definition) is 0.